The maximum Gasteiger partial charge on any atom is 0.277 e. The van der Waals surface area contributed by atoms with Crippen LogP contribution in [0.1, 0.15) is 26.3 Å². The Morgan fingerprint density at radius 2 is 1.74 bits per heavy atom. The minimum Gasteiger partial charge on any atom is -0.376 e. The fourth-order valence-corrected chi connectivity index (χ4v) is 1.92. The summed E-state index contributed by atoms with van der Waals surface area (Å²) in [6.45, 7) is 6.16. The lowest BCUT2D eigenvalue weighted by molar-refractivity contribution is -0.138. The second-order valence-electron chi connectivity index (χ2n) is 5.65. The Morgan fingerprint density at radius 1 is 1.11 bits per heavy atom. The first-order valence-electron chi connectivity index (χ1n) is 6.26. The predicted molar refractivity (Wildman–Crippen MR) is 73.0 cm³/mol. The zero-order valence-electron chi connectivity index (χ0n) is 11.4. The molecule has 1 aromatic rings. The van der Waals surface area contributed by atoms with E-state index in [0.717, 1.165) is 5.56 Å². The van der Waals surface area contributed by atoms with Crippen molar-refractivity contribution in [3.05, 3.63) is 47.7 Å². The standard InChI is InChI=1S/C15H18N2O2/c1-15(2,3)16-12-9-13(18)17(14(12)19)10-11-7-5-4-6-8-11/h4-9,16H,10H2,1-3H3. The molecule has 0 unspecified atom stereocenters. The molecule has 0 bridgehead atoms. The molecular weight excluding hydrogens is 240 g/mol. The van der Waals surface area contributed by atoms with Gasteiger partial charge >= 0.3 is 0 Å². The average Bonchev–Trinajstić information content (AvgIpc) is 2.56. The Bertz CT molecular complexity index is 527. The number of rotatable bonds is 3. The van der Waals surface area contributed by atoms with Gasteiger partial charge in [-0.15, -0.1) is 0 Å². The van der Waals surface area contributed by atoms with Crippen LogP contribution in [0.3, 0.4) is 0 Å². The molecule has 0 radical (unpaired) electrons. The van der Waals surface area contributed by atoms with Gasteiger partial charge in [-0.2, -0.15) is 0 Å². The van der Waals surface area contributed by atoms with Crippen molar-refractivity contribution in [3.8, 4) is 0 Å². The van der Waals surface area contributed by atoms with E-state index < -0.39 is 0 Å². The summed E-state index contributed by atoms with van der Waals surface area (Å²) < 4.78 is 0. The van der Waals surface area contributed by atoms with Gasteiger partial charge < -0.3 is 5.32 Å². The Hall–Kier alpha value is -2.10. The lowest BCUT2D eigenvalue weighted by atomic mass is 10.1. The summed E-state index contributed by atoms with van der Waals surface area (Å²) in [5.74, 6) is -0.524. The van der Waals surface area contributed by atoms with Crippen molar-refractivity contribution in [2.45, 2.75) is 32.9 Å². The third kappa shape index (κ3) is 3.22. The summed E-state index contributed by atoms with van der Waals surface area (Å²) in [6.07, 6.45) is 1.37. The van der Waals surface area contributed by atoms with Crippen molar-refractivity contribution in [1.29, 1.82) is 0 Å². The highest BCUT2D eigenvalue weighted by Crippen LogP contribution is 2.17. The Labute approximate surface area is 113 Å². The first-order chi connectivity index (χ1) is 8.87. The molecule has 0 fully saturated rings. The van der Waals surface area contributed by atoms with Gasteiger partial charge in [0.2, 0.25) is 0 Å². The van der Waals surface area contributed by atoms with Crippen LogP contribution in [0.15, 0.2) is 42.1 Å². The Kier molecular flexibility index (Phi) is 3.42. The second-order valence-corrected chi connectivity index (χ2v) is 5.65. The first-order valence-corrected chi connectivity index (χ1v) is 6.26. The number of benzene rings is 1. The van der Waals surface area contributed by atoms with E-state index in [1.54, 1.807) is 0 Å². The van der Waals surface area contributed by atoms with E-state index in [2.05, 4.69) is 5.32 Å². The summed E-state index contributed by atoms with van der Waals surface area (Å²) in [6, 6.07) is 9.48. The number of carbonyl (C=O) groups is 2. The molecule has 4 heteroatoms. The molecule has 0 saturated carbocycles. The highest BCUT2D eigenvalue weighted by molar-refractivity contribution is 6.15. The van der Waals surface area contributed by atoms with Gasteiger partial charge in [0.25, 0.3) is 11.8 Å². The van der Waals surface area contributed by atoms with E-state index in [1.165, 1.54) is 11.0 Å². The number of nitrogens with one attached hydrogen (secondary N) is 1. The molecule has 1 aromatic carbocycles. The van der Waals surface area contributed by atoms with Gasteiger partial charge in [-0.05, 0) is 26.3 Å². The van der Waals surface area contributed by atoms with Gasteiger partial charge in [0, 0.05) is 11.6 Å². The molecule has 1 aliphatic heterocycles. The Balaban J connectivity index is 2.10. The average molecular weight is 258 g/mol. The summed E-state index contributed by atoms with van der Waals surface area (Å²) in [5, 5.41) is 3.06. The lowest BCUT2D eigenvalue weighted by Gasteiger charge is -2.23. The van der Waals surface area contributed by atoms with E-state index in [-0.39, 0.29) is 17.4 Å². The molecule has 19 heavy (non-hydrogen) atoms. The van der Waals surface area contributed by atoms with Crippen LogP contribution >= 0.6 is 0 Å². The van der Waals surface area contributed by atoms with Crippen LogP contribution in [0, 0.1) is 0 Å². The molecule has 0 atom stereocenters. The molecule has 1 N–H and O–H groups in total. The number of amides is 2. The molecule has 4 nitrogen and oxygen atoms in total. The quantitative estimate of drug-likeness (QED) is 0.841. The molecule has 1 aliphatic rings. The highest BCUT2D eigenvalue weighted by Gasteiger charge is 2.32. The van der Waals surface area contributed by atoms with Crippen molar-refractivity contribution < 1.29 is 9.59 Å². The first kappa shape index (κ1) is 13.3. The van der Waals surface area contributed by atoms with Gasteiger partial charge in [0.15, 0.2) is 0 Å². The zero-order valence-corrected chi connectivity index (χ0v) is 11.4. The summed E-state index contributed by atoms with van der Waals surface area (Å²) in [5.41, 5.74) is 1.06. The van der Waals surface area contributed by atoms with E-state index in [0.29, 0.717) is 12.2 Å². The zero-order chi connectivity index (χ0) is 14.0. The van der Waals surface area contributed by atoms with Crippen molar-refractivity contribution in [2.24, 2.45) is 0 Å². The number of imide groups is 1. The Morgan fingerprint density at radius 3 is 2.32 bits per heavy atom. The van der Waals surface area contributed by atoms with E-state index in [4.69, 9.17) is 0 Å². The minimum absolute atomic E-state index is 0.246. The third-order valence-corrected chi connectivity index (χ3v) is 2.70. The smallest absolute Gasteiger partial charge is 0.277 e. The van der Waals surface area contributed by atoms with Gasteiger partial charge in [-0.25, -0.2) is 0 Å². The normalized spacial score (nSPS) is 15.7. The maximum absolute atomic E-state index is 12.2. The van der Waals surface area contributed by atoms with Crippen LogP contribution in [-0.4, -0.2) is 22.3 Å². The predicted octanol–water partition coefficient (Wildman–Crippen LogP) is 1.83. The number of hydrogen-bond donors (Lipinski definition) is 1. The minimum atomic E-state index is -0.263. The molecule has 2 amide bonds. The van der Waals surface area contributed by atoms with Crippen LogP contribution in [0.5, 0.6) is 0 Å². The molecule has 0 saturated heterocycles. The molecular formula is C15H18N2O2. The van der Waals surface area contributed by atoms with Crippen LogP contribution < -0.4 is 5.32 Å². The third-order valence-electron chi connectivity index (χ3n) is 2.70. The SMILES string of the molecule is CC(C)(C)NC1=CC(=O)N(Cc2ccccc2)C1=O. The van der Waals surface area contributed by atoms with Crippen LogP contribution in [-0.2, 0) is 16.1 Å². The van der Waals surface area contributed by atoms with Gasteiger partial charge in [0.05, 0.1) is 6.54 Å². The van der Waals surface area contributed by atoms with Gasteiger partial charge in [-0.3, -0.25) is 14.5 Å². The number of carbonyl (C=O) groups excluding carboxylic acids is 2. The maximum atomic E-state index is 12.2. The van der Waals surface area contributed by atoms with Crippen molar-refractivity contribution in [1.82, 2.24) is 10.2 Å². The number of hydrogen-bond acceptors (Lipinski definition) is 3. The summed E-state index contributed by atoms with van der Waals surface area (Å²) in [4.78, 5) is 25.3. The summed E-state index contributed by atoms with van der Waals surface area (Å²) >= 11 is 0. The molecule has 0 aromatic heterocycles. The van der Waals surface area contributed by atoms with Crippen LogP contribution in [0.25, 0.3) is 0 Å². The second kappa shape index (κ2) is 4.88. The van der Waals surface area contributed by atoms with Crippen LogP contribution in [0.2, 0.25) is 0 Å². The fourth-order valence-electron chi connectivity index (χ4n) is 1.92. The van der Waals surface area contributed by atoms with E-state index in [1.807, 2.05) is 51.1 Å². The van der Waals surface area contributed by atoms with E-state index >= 15 is 0 Å². The van der Waals surface area contributed by atoms with Gasteiger partial charge in [0.1, 0.15) is 5.70 Å². The molecule has 0 spiro atoms. The topological polar surface area (TPSA) is 49.4 Å². The molecule has 0 aliphatic carbocycles. The van der Waals surface area contributed by atoms with Crippen molar-refractivity contribution in [2.75, 3.05) is 0 Å². The fraction of sp³-hybridized carbons (Fsp3) is 0.333. The molecule has 2 rings (SSSR count). The van der Waals surface area contributed by atoms with E-state index in [9.17, 15) is 9.59 Å². The van der Waals surface area contributed by atoms with Gasteiger partial charge in [-0.1, -0.05) is 30.3 Å². The van der Waals surface area contributed by atoms with Crippen molar-refractivity contribution >= 4 is 11.8 Å². The molecule has 1 heterocycles. The highest BCUT2D eigenvalue weighted by atomic mass is 16.2. The van der Waals surface area contributed by atoms with Crippen LogP contribution in [0.4, 0.5) is 0 Å². The largest absolute Gasteiger partial charge is 0.376 e. The molecule has 100 valence electrons. The summed E-state index contributed by atoms with van der Waals surface area (Å²) in [7, 11) is 0. The lowest BCUT2D eigenvalue weighted by Crippen LogP contribution is -2.40. The van der Waals surface area contributed by atoms with Crippen molar-refractivity contribution in [3.63, 3.8) is 0 Å². The monoisotopic (exact) mass is 258 g/mol. The number of nitrogens with zero attached hydrogens (tertiary/aromatic N) is 1.